The maximum Gasteiger partial charge on any atom is 0.127 e. The van der Waals surface area contributed by atoms with Crippen LogP contribution in [-0.2, 0) is 6.54 Å². The van der Waals surface area contributed by atoms with Crippen molar-refractivity contribution in [3.8, 4) is 0 Å². The van der Waals surface area contributed by atoms with Gasteiger partial charge in [-0.15, -0.1) is 0 Å². The maximum absolute atomic E-state index is 2.53. The van der Waals surface area contributed by atoms with Crippen LogP contribution in [0, 0.1) is 0 Å². The van der Waals surface area contributed by atoms with Gasteiger partial charge >= 0.3 is 0 Å². The normalized spacial score (nSPS) is 15.7. The van der Waals surface area contributed by atoms with Crippen LogP contribution in [0.4, 0.5) is 0 Å². The second-order valence-corrected chi connectivity index (χ2v) is 9.01. The van der Waals surface area contributed by atoms with Crippen LogP contribution in [0.1, 0.15) is 94.8 Å². The molecule has 1 heterocycles. The molecule has 0 bridgehead atoms. The van der Waals surface area contributed by atoms with Gasteiger partial charge in [-0.25, -0.2) is 0 Å². The molecule has 0 saturated heterocycles. The van der Waals surface area contributed by atoms with Crippen LogP contribution in [0.2, 0.25) is 0 Å². The number of benzene rings is 2. The van der Waals surface area contributed by atoms with Crippen molar-refractivity contribution in [1.82, 2.24) is 9.80 Å². The van der Waals surface area contributed by atoms with Crippen LogP contribution < -0.4 is 0 Å². The summed E-state index contributed by atoms with van der Waals surface area (Å²) in [5, 5.41) is 0. The molecule has 1 aliphatic rings. The number of hydrogen-bond acceptors (Lipinski definition) is 2. The predicted octanol–water partition coefficient (Wildman–Crippen LogP) is 8.29. The zero-order valence-corrected chi connectivity index (χ0v) is 19.6. The summed E-state index contributed by atoms with van der Waals surface area (Å²) in [5.74, 6) is 0. The fourth-order valence-electron chi connectivity index (χ4n) is 4.62. The molecule has 2 nitrogen and oxygen atoms in total. The zero-order valence-electron chi connectivity index (χ0n) is 19.6. The third-order valence-corrected chi connectivity index (χ3v) is 6.40. The van der Waals surface area contributed by atoms with Crippen molar-refractivity contribution >= 4 is 0 Å². The highest BCUT2D eigenvalue weighted by molar-refractivity contribution is 5.23. The summed E-state index contributed by atoms with van der Waals surface area (Å²) < 4.78 is 0. The van der Waals surface area contributed by atoms with E-state index in [4.69, 9.17) is 0 Å². The van der Waals surface area contributed by atoms with Crippen molar-refractivity contribution in [3.63, 3.8) is 0 Å². The van der Waals surface area contributed by atoms with Gasteiger partial charge in [0.1, 0.15) is 6.17 Å². The molecule has 0 fully saturated rings. The van der Waals surface area contributed by atoms with Crippen LogP contribution in [-0.4, -0.2) is 16.3 Å². The lowest BCUT2D eigenvalue weighted by atomic mass is 10.1. The van der Waals surface area contributed by atoms with E-state index in [0.717, 1.165) is 13.1 Å². The summed E-state index contributed by atoms with van der Waals surface area (Å²) >= 11 is 0. The van der Waals surface area contributed by atoms with E-state index >= 15 is 0 Å². The summed E-state index contributed by atoms with van der Waals surface area (Å²) in [6.07, 6.45) is 20.2. The van der Waals surface area contributed by atoms with Gasteiger partial charge < -0.3 is 9.80 Å². The number of nitrogens with zero attached hydrogens (tertiary/aromatic N) is 2. The molecule has 3 rings (SSSR count). The molecule has 0 radical (unpaired) electrons. The molecule has 0 aromatic heterocycles. The van der Waals surface area contributed by atoms with Gasteiger partial charge in [0.25, 0.3) is 0 Å². The van der Waals surface area contributed by atoms with Gasteiger partial charge in [0, 0.05) is 25.5 Å². The molecule has 1 unspecified atom stereocenters. The van der Waals surface area contributed by atoms with Crippen LogP contribution in [0.25, 0.3) is 0 Å². The minimum atomic E-state index is 0.310. The Balaban J connectivity index is 1.40. The third-order valence-electron chi connectivity index (χ3n) is 6.40. The number of hydrogen-bond donors (Lipinski definition) is 0. The van der Waals surface area contributed by atoms with E-state index in [9.17, 15) is 0 Å². The van der Waals surface area contributed by atoms with Crippen molar-refractivity contribution in [2.45, 2.75) is 90.3 Å². The van der Waals surface area contributed by atoms with E-state index in [-0.39, 0.29) is 0 Å². The highest BCUT2D eigenvalue weighted by Gasteiger charge is 2.27. The lowest BCUT2D eigenvalue weighted by Crippen LogP contribution is -2.31. The molecule has 0 spiro atoms. The Morgan fingerprint density at radius 3 is 1.71 bits per heavy atom. The van der Waals surface area contributed by atoms with Crippen LogP contribution in [0.3, 0.4) is 0 Å². The first-order valence-electron chi connectivity index (χ1n) is 12.7. The summed E-state index contributed by atoms with van der Waals surface area (Å²) in [6.45, 7) is 4.38. The summed E-state index contributed by atoms with van der Waals surface area (Å²) in [7, 11) is 0. The average molecular weight is 419 g/mol. The first kappa shape index (κ1) is 23.4. The Morgan fingerprint density at radius 2 is 1.10 bits per heavy atom. The zero-order chi connectivity index (χ0) is 21.6. The van der Waals surface area contributed by atoms with E-state index in [1.165, 1.54) is 81.8 Å². The molecule has 31 heavy (non-hydrogen) atoms. The topological polar surface area (TPSA) is 6.48 Å². The van der Waals surface area contributed by atoms with Gasteiger partial charge in [0.05, 0.1) is 0 Å². The third kappa shape index (κ3) is 8.09. The minimum absolute atomic E-state index is 0.310. The summed E-state index contributed by atoms with van der Waals surface area (Å²) in [5.41, 5.74) is 2.75. The largest absolute Gasteiger partial charge is 0.352 e. The molecule has 1 atom stereocenters. The molecule has 0 N–H and O–H groups in total. The van der Waals surface area contributed by atoms with Gasteiger partial charge in [0.15, 0.2) is 0 Å². The SMILES string of the molecule is CCCCCCCCCCCCCN1C=CN(Cc2ccccc2)C1c1ccccc1. The van der Waals surface area contributed by atoms with E-state index < -0.39 is 0 Å². The van der Waals surface area contributed by atoms with Gasteiger partial charge in [-0.2, -0.15) is 0 Å². The molecule has 0 saturated carbocycles. The van der Waals surface area contributed by atoms with Crippen molar-refractivity contribution < 1.29 is 0 Å². The lowest BCUT2D eigenvalue weighted by Gasteiger charge is -2.33. The van der Waals surface area contributed by atoms with Crippen LogP contribution >= 0.6 is 0 Å². The molecule has 1 aliphatic heterocycles. The average Bonchev–Trinajstić information content (AvgIpc) is 3.21. The van der Waals surface area contributed by atoms with E-state index in [1.54, 1.807) is 0 Å². The number of unbranched alkanes of at least 4 members (excludes halogenated alkanes) is 10. The lowest BCUT2D eigenvalue weighted by molar-refractivity contribution is 0.146. The first-order chi connectivity index (χ1) is 15.4. The Bertz CT molecular complexity index is 725. The Hall–Kier alpha value is -2.22. The van der Waals surface area contributed by atoms with Crippen molar-refractivity contribution in [3.05, 3.63) is 84.2 Å². The highest BCUT2D eigenvalue weighted by atomic mass is 15.4. The Kier molecular flexibility index (Phi) is 10.6. The van der Waals surface area contributed by atoms with E-state index in [0.29, 0.717) is 6.17 Å². The quantitative estimate of drug-likeness (QED) is 0.268. The fraction of sp³-hybridized carbons (Fsp3) is 0.517. The van der Waals surface area contributed by atoms with Crippen LogP contribution in [0.5, 0.6) is 0 Å². The van der Waals surface area contributed by atoms with Gasteiger partial charge in [0.2, 0.25) is 0 Å². The van der Waals surface area contributed by atoms with E-state index in [2.05, 4.69) is 89.8 Å². The van der Waals surface area contributed by atoms with Gasteiger partial charge in [-0.1, -0.05) is 132 Å². The molecular weight excluding hydrogens is 376 g/mol. The second-order valence-electron chi connectivity index (χ2n) is 9.01. The Labute approximate surface area is 191 Å². The first-order valence-corrected chi connectivity index (χ1v) is 12.7. The van der Waals surface area contributed by atoms with Gasteiger partial charge in [-0.3, -0.25) is 0 Å². The second kappa shape index (κ2) is 14.0. The van der Waals surface area contributed by atoms with Gasteiger partial charge in [-0.05, 0) is 17.5 Å². The standard InChI is InChI=1S/C29H42N2/c1-2-3-4-5-6-7-8-9-10-11-18-23-30-24-25-31(26-27-19-14-12-15-20-27)29(30)28-21-16-13-17-22-28/h12-17,19-22,24-25,29H,2-11,18,23,26H2,1H3. The maximum atomic E-state index is 2.53. The monoisotopic (exact) mass is 418 g/mol. The molecule has 0 amide bonds. The predicted molar refractivity (Wildman–Crippen MR) is 133 cm³/mol. The fourth-order valence-corrected chi connectivity index (χ4v) is 4.62. The molecule has 2 heteroatoms. The summed E-state index contributed by atoms with van der Waals surface area (Å²) in [4.78, 5) is 5.01. The Morgan fingerprint density at radius 1 is 0.581 bits per heavy atom. The number of rotatable bonds is 15. The van der Waals surface area contributed by atoms with Crippen LogP contribution in [0.15, 0.2) is 73.1 Å². The molecule has 168 valence electrons. The minimum Gasteiger partial charge on any atom is -0.352 e. The van der Waals surface area contributed by atoms with Crippen molar-refractivity contribution in [2.24, 2.45) is 0 Å². The molecule has 0 aliphatic carbocycles. The smallest absolute Gasteiger partial charge is 0.127 e. The summed E-state index contributed by atoms with van der Waals surface area (Å²) in [6, 6.07) is 21.8. The van der Waals surface area contributed by atoms with Crippen molar-refractivity contribution in [2.75, 3.05) is 6.54 Å². The molecule has 2 aromatic rings. The van der Waals surface area contributed by atoms with E-state index in [1.807, 2.05) is 0 Å². The van der Waals surface area contributed by atoms with Crippen molar-refractivity contribution in [1.29, 1.82) is 0 Å². The molecular formula is C29H42N2. The highest BCUT2D eigenvalue weighted by Crippen LogP contribution is 2.32. The molecule has 2 aromatic carbocycles.